The van der Waals surface area contributed by atoms with Crippen LogP contribution in [-0.2, 0) is 39.7 Å². The summed E-state index contributed by atoms with van der Waals surface area (Å²) >= 11 is -1.84. The van der Waals surface area contributed by atoms with Gasteiger partial charge < -0.3 is 4.55 Å². The molecule has 0 fully saturated rings. The van der Waals surface area contributed by atoms with E-state index in [1.54, 1.807) is 13.8 Å². The molecule has 0 saturated carbocycles. The second-order valence-corrected chi connectivity index (χ2v) is 10.5. The van der Waals surface area contributed by atoms with Crippen LogP contribution < -0.4 is 4.72 Å². The highest BCUT2D eigenvalue weighted by atomic mass is 32.2. The molecule has 7 heteroatoms. The zero-order valence-corrected chi connectivity index (χ0v) is 17.1. The Bertz CT molecular complexity index is 954. The van der Waals surface area contributed by atoms with Crippen molar-refractivity contribution in [1.29, 1.82) is 0 Å². The third-order valence-electron chi connectivity index (χ3n) is 4.90. The van der Waals surface area contributed by atoms with Gasteiger partial charge in [-0.15, -0.1) is 0 Å². The molecule has 0 radical (unpaired) electrons. The summed E-state index contributed by atoms with van der Waals surface area (Å²) in [5, 5.41) is -0.443. The average molecular weight is 408 g/mol. The summed E-state index contributed by atoms with van der Waals surface area (Å²) in [5.41, 5.74) is 5.35. The van der Waals surface area contributed by atoms with Crippen LogP contribution in [0.1, 0.15) is 54.1 Å². The van der Waals surface area contributed by atoms with Crippen LogP contribution in [0.2, 0.25) is 0 Å². The normalized spacial score (nSPS) is 17.9. The van der Waals surface area contributed by atoms with Crippen LogP contribution in [0.15, 0.2) is 42.5 Å². The van der Waals surface area contributed by atoms with E-state index in [9.17, 15) is 12.6 Å². The van der Waals surface area contributed by atoms with Gasteiger partial charge in [0.25, 0.3) is 0 Å². The van der Waals surface area contributed by atoms with Crippen molar-refractivity contribution >= 4 is 21.1 Å². The summed E-state index contributed by atoms with van der Waals surface area (Å²) in [6.07, 6.45) is 2.38. The molecule has 27 heavy (non-hydrogen) atoms. The lowest BCUT2D eigenvalue weighted by Gasteiger charge is -2.17. The highest BCUT2D eigenvalue weighted by molar-refractivity contribution is 7.90. The van der Waals surface area contributed by atoms with Gasteiger partial charge in [0.05, 0.1) is 11.0 Å². The van der Waals surface area contributed by atoms with Gasteiger partial charge in [0.1, 0.15) is 0 Å². The first kappa shape index (κ1) is 20.2. The van der Waals surface area contributed by atoms with Gasteiger partial charge in [-0.3, -0.25) is 0 Å². The van der Waals surface area contributed by atoms with Gasteiger partial charge in [-0.25, -0.2) is 17.3 Å². The molecule has 0 bridgehead atoms. The molecule has 2 atom stereocenters. The maximum atomic E-state index is 12.2. The van der Waals surface area contributed by atoms with Crippen molar-refractivity contribution in [2.75, 3.05) is 0 Å². The highest BCUT2D eigenvalue weighted by Gasteiger charge is 2.28. The molecule has 3 rings (SSSR count). The van der Waals surface area contributed by atoms with E-state index < -0.39 is 26.4 Å². The van der Waals surface area contributed by atoms with Crippen molar-refractivity contribution in [3.63, 3.8) is 0 Å². The Kier molecular flexibility index (Phi) is 6.15. The van der Waals surface area contributed by atoms with E-state index in [0.29, 0.717) is 0 Å². The largest absolute Gasteiger partial charge is 0.306 e. The molecule has 5 nitrogen and oxygen atoms in total. The highest BCUT2D eigenvalue weighted by Crippen LogP contribution is 2.33. The van der Waals surface area contributed by atoms with Crippen molar-refractivity contribution in [3.05, 3.63) is 70.3 Å². The SMILES string of the molecule is CC(C)S(=O)(=O)NC1CCc2cc(Cc3cccc(CS(=O)O)c3)ccc21. The predicted molar refractivity (Wildman–Crippen MR) is 108 cm³/mol. The lowest BCUT2D eigenvalue weighted by Crippen LogP contribution is -2.33. The van der Waals surface area contributed by atoms with E-state index >= 15 is 0 Å². The quantitative estimate of drug-likeness (QED) is 0.690. The number of aryl methyl sites for hydroxylation is 1. The van der Waals surface area contributed by atoms with Crippen molar-refractivity contribution in [2.24, 2.45) is 0 Å². The van der Waals surface area contributed by atoms with Crippen LogP contribution in [0.25, 0.3) is 0 Å². The predicted octanol–water partition coefficient (Wildman–Crippen LogP) is 3.31. The van der Waals surface area contributed by atoms with Crippen molar-refractivity contribution in [1.82, 2.24) is 4.72 Å². The number of hydrogen-bond acceptors (Lipinski definition) is 3. The minimum atomic E-state index is -3.29. The maximum absolute atomic E-state index is 12.2. The first-order chi connectivity index (χ1) is 12.7. The number of nitrogens with one attached hydrogen (secondary N) is 1. The lowest BCUT2D eigenvalue weighted by atomic mass is 9.99. The van der Waals surface area contributed by atoms with Crippen LogP contribution in [-0.4, -0.2) is 22.4 Å². The fourth-order valence-corrected chi connectivity index (χ4v) is 4.82. The van der Waals surface area contributed by atoms with Crippen molar-refractivity contribution in [3.8, 4) is 0 Å². The van der Waals surface area contributed by atoms with E-state index in [4.69, 9.17) is 4.55 Å². The molecule has 1 aliphatic carbocycles. The van der Waals surface area contributed by atoms with Crippen molar-refractivity contribution < 1.29 is 17.2 Å². The number of fused-ring (bicyclic) bond motifs is 1. The Morgan fingerprint density at radius 3 is 2.56 bits per heavy atom. The minimum absolute atomic E-state index is 0.135. The van der Waals surface area contributed by atoms with Gasteiger partial charge >= 0.3 is 0 Å². The lowest BCUT2D eigenvalue weighted by molar-refractivity contribution is 0.546. The summed E-state index contributed by atoms with van der Waals surface area (Å²) in [6, 6.07) is 13.8. The standard InChI is InChI=1S/C20H25NO4S2/c1-14(2)27(24,25)21-20-9-7-18-12-16(6-8-19(18)20)10-15-4-3-5-17(11-15)13-26(22)23/h3-6,8,11-12,14,20-21H,7,9-10,13H2,1-2H3,(H,22,23). The number of rotatable bonds is 7. The zero-order valence-electron chi connectivity index (χ0n) is 15.5. The number of benzene rings is 2. The molecule has 0 saturated heterocycles. The van der Waals surface area contributed by atoms with Gasteiger partial charge in [0.15, 0.2) is 11.1 Å². The Balaban J connectivity index is 1.75. The summed E-state index contributed by atoms with van der Waals surface area (Å²) in [5.74, 6) is 0.135. The molecule has 146 valence electrons. The molecular formula is C20H25NO4S2. The Morgan fingerprint density at radius 1 is 1.15 bits per heavy atom. The van der Waals surface area contributed by atoms with Crippen LogP contribution >= 0.6 is 0 Å². The second-order valence-electron chi connectivity index (χ2n) is 7.30. The van der Waals surface area contributed by atoms with E-state index in [1.165, 1.54) is 5.56 Å². The molecule has 2 N–H and O–H groups in total. The van der Waals surface area contributed by atoms with Gasteiger partial charge in [0.2, 0.25) is 10.0 Å². The third-order valence-corrected chi connectivity index (χ3v) is 7.34. The molecule has 1 aliphatic rings. The molecule has 2 aromatic rings. The van der Waals surface area contributed by atoms with E-state index in [0.717, 1.165) is 41.5 Å². The number of sulfonamides is 1. The third kappa shape index (κ3) is 5.04. The summed E-state index contributed by atoms with van der Waals surface area (Å²) in [6.45, 7) is 3.36. The fourth-order valence-electron chi connectivity index (χ4n) is 3.45. The van der Waals surface area contributed by atoms with Crippen LogP contribution in [0.5, 0.6) is 0 Å². The molecule has 2 aromatic carbocycles. The van der Waals surface area contributed by atoms with Gasteiger partial charge in [-0.05, 0) is 60.9 Å². The monoisotopic (exact) mass is 407 g/mol. The second kappa shape index (κ2) is 8.22. The van der Waals surface area contributed by atoms with Gasteiger partial charge in [-0.1, -0.05) is 42.5 Å². The smallest absolute Gasteiger partial charge is 0.214 e. The average Bonchev–Trinajstić information content (AvgIpc) is 2.96. The first-order valence-electron chi connectivity index (χ1n) is 9.02. The molecule has 0 amide bonds. The molecule has 0 heterocycles. The van der Waals surface area contributed by atoms with Gasteiger partial charge in [0, 0.05) is 6.04 Å². The summed E-state index contributed by atoms with van der Waals surface area (Å²) < 4.78 is 47.2. The summed E-state index contributed by atoms with van der Waals surface area (Å²) in [7, 11) is -3.29. The van der Waals surface area contributed by atoms with Gasteiger partial charge in [-0.2, -0.15) is 0 Å². The first-order valence-corrected chi connectivity index (χ1v) is 11.8. The van der Waals surface area contributed by atoms with E-state index in [-0.39, 0.29) is 11.8 Å². The molecule has 0 spiro atoms. The summed E-state index contributed by atoms with van der Waals surface area (Å²) in [4.78, 5) is 0. The van der Waals surface area contributed by atoms with E-state index in [1.807, 2.05) is 36.4 Å². The van der Waals surface area contributed by atoms with Crippen LogP contribution in [0.4, 0.5) is 0 Å². The topological polar surface area (TPSA) is 83.5 Å². The molecule has 0 aliphatic heterocycles. The molecular weight excluding hydrogens is 382 g/mol. The molecule has 0 aromatic heterocycles. The van der Waals surface area contributed by atoms with Crippen LogP contribution in [0, 0.1) is 0 Å². The Morgan fingerprint density at radius 2 is 1.85 bits per heavy atom. The minimum Gasteiger partial charge on any atom is -0.306 e. The Hall–Kier alpha value is -1.54. The van der Waals surface area contributed by atoms with E-state index in [2.05, 4.69) is 10.8 Å². The van der Waals surface area contributed by atoms with Crippen molar-refractivity contribution in [2.45, 2.75) is 50.2 Å². The van der Waals surface area contributed by atoms with Crippen LogP contribution in [0.3, 0.4) is 0 Å². The Labute approximate surface area is 163 Å². The number of hydrogen-bond donors (Lipinski definition) is 2. The maximum Gasteiger partial charge on any atom is 0.214 e. The zero-order chi connectivity index (χ0) is 19.6. The fraction of sp³-hybridized carbons (Fsp3) is 0.400. The molecule has 2 unspecified atom stereocenters.